The first-order valence-corrected chi connectivity index (χ1v) is 8.71. The van der Waals surface area contributed by atoms with Gasteiger partial charge in [0.25, 0.3) is 0 Å². The van der Waals surface area contributed by atoms with Crippen molar-refractivity contribution in [2.24, 2.45) is 0 Å². The van der Waals surface area contributed by atoms with Crippen LogP contribution in [0, 0.1) is 0 Å². The third-order valence-corrected chi connectivity index (χ3v) is 3.80. The number of hydrogen-bond acceptors (Lipinski definition) is 5. The average molecular weight is 346 g/mol. The van der Waals surface area contributed by atoms with Crippen LogP contribution in [0.3, 0.4) is 0 Å². The summed E-state index contributed by atoms with van der Waals surface area (Å²) in [6.45, 7) is 6.83. The zero-order valence-corrected chi connectivity index (χ0v) is 15.1. The Balaban J connectivity index is 2.15. The van der Waals surface area contributed by atoms with E-state index < -0.39 is 5.63 Å². The molecule has 0 aliphatic heterocycles. The molecule has 2 aromatic rings. The van der Waals surface area contributed by atoms with Crippen LogP contribution in [-0.4, -0.2) is 18.3 Å². The number of aromatic hydroxyl groups is 1. The number of rotatable bonds is 9. The van der Waals surface area contributed by atoms with E-state index in [2.05, 4.69) is 6.92 Å². The number of unbranched alkanes of at least 4 members (excludes halogenated alkanes) is 3. The van der Waals surface area contributed by atoms with Crippen molar-refractivity contribution in [3.05, 3.63) is 40.3 Å². The molecule has 1 aromatic carbocycles. The van der Waals surface area contributed by atoms with Gasteiger partial charge in [0.05, 0.1) is 12.0 Å². The highest BCUT2D eigenvalue weighted by atomic mass is 16.5. The van der Waals surface area contributed by atoms with Gasteiger partial charge in [-0.3, -0.25) is 0 Å². The lowest BCUT2D eigenvalue weighted by molar-refractivity contribution is 0.304. The molecule has 0 atom stereocenters. The molecule has 0 bridgehead atoms. The summed E-state index contributed by atoms with van der Waals surface area (Å²) in [4.78, 5) is 12.1. The SMILES string of the molecule is CCCCCCOc1ccc2c(O)c(OCC=C(C)C)c(=O)oc2c1. The third kappa shape index (κ3) is 5.28. The zero-order chi connectivity index (χ0) is 18.2. The second-order valence-corrected chi connectivity index (χ2v) is 6.23. The van der Waals surface area contributed by atoms with Crippen LogP contribution in [-0.2, 0) is 0 Å². The van der Waals surface area contributed by atoms with E-state index in [0.29, 0.717) is 17.7 Å². The maximum Gasteiger partial charge on any atom is 0.383 e. The van der Waals surface area contributed by atoms with Crippen molar-refractivity contribution in [3.8, 4) is 17.2 Å². The fourth-order valence-electron chi connectivity index (χ4n) is 2.38. The van der Waals surface area contributed by atoms with Crippen LogP contribution in [0.1, 0.15) is 46.5 Å². The maximum atomic E-state index is 12.1. The molecule has 1 N–H and O–H groups in total. The van der Waals surface area contributed by atoms with Crippen LogP contribution in [0.4, 0.5) is 0 Å². The van der Waals surface area contributed by atoms with E-state index >= 15 is 0 Å². The average Bonchev–Trinajstić information content (AvgIpc) is 2.57. The molecule has 5 nitrogen and oxygen atoms in total. The molecule has 0 saturated carbocycles. The Hall–Kier alpha value is -2.43. The first kappa shape index (κ1) is 18.9. The summed E-state index contributed by atoms with van der Waals surface area (Å²) in [5.74, 6) is 0.242. The maximum absolute atomic E-state index is 12.1. The van der Waals surface area contributed by atoms with Gasteiger partial charge in [-0.1, -0.05) is 31.8 Å². The molecule has 0 fully saturated rings. The van der Waals surface area contributed by atoms with Gasteiger partial charge in [-0.2, -0.15) is 0 Å². The van der Waals surface area contributed by atoms with Crippen LogP contribution in [0.25, 0.3) is 11.0 Å². The van der Waals surface area contributed by atoms with E-state index in [0.717, 1.165) is 18.4 Å². The van der Waals surface area contributed by atoms with Crippen LogP contribution < -0.4 is 15.1 Å². The highest BCUT2D eigenvalue weighted by molar-refractivity contribution is 5.86. The van der Waals surface area contributed by atoms with Crippen molar-refractivity contribution < 1.29 is 19.0 Å². The molecule has 0 aliphatic rings. The number of benzene rings is 1. The highest BCUT2D eigenvalue weighted by Gasteiger charge is 2.15. The van der Waals surface area contributed by atoms with E-state index in [9.17, 15) is 9.90 Å². The normalized spacial score (nSPS) is 10.7. The van der Waals surface area contributed by atoms with E-state index in [-0.39, 0.29) is 23.7 Å². The van der Waals surface area contributed by atoms with Crippen LogP contribution in [0.5, 0.6) is 17.2 Å². The second-order valence-electron chi connectivity index (χ2n) is 6.23. The minimum Gasteiger partial charge on any atom is -0.504 e. The summed E-state index contributed by atoms with van der Waals surface area (Å²) in [6.07, 6.45) is 6.31. The minimum absolute atomic E-state index is 0.168. The van der Waals surface area contributed by atoms with Crippen LogP contribution in [0.2, 0.25) is 0 Å². The highest BCUT2D eigenvalue weighted by Crippen LogP contribution is 2.33. The van der Waals surface area contributed by atoms with Crippen molar-refractivity contribution in [1.29, 1.82) is 0 Å². The lowest BCUT2D eigenvalue weighted by Crippen LogP contribution is -2.07. The molecule has 0 saturated heterocycles. The summed E-state index contributed by atoms with van der Waals surface area (Å²) in [5.41, 5.74) is 0.640. The Labute approximate surface area is 147 Å². The molecule has 25 heavy (non-hydrogen) atoms. The molecule has 0 amide bonds. The second kappa shape index (κ2) is 9.16. The Morgan fingerprint density at radius 3 is 2.72 bits per heavy atom. The fraction of sp³-hybridized carbons (Fsp3) is 0.450. The number of ether oxygens (including phenoxy) is 2. The molecular weight excluding hydrogens is 320 g/mol. The Kier molecular flexibility index (Phi) is 6.92. The predicted octanol–water partition coefficient (Wildman–Crippen LogP) is 4.80. The largest absolute Gasteiger partial charge is 0.504 e. The topological polar surface area (TPSA) is 68.9 Å². The van der Waals surface area contributed by atoms with Crippen molar-refractivity contribution in [2.45, 2.75) is 46.5 Å². The van der Waals surface area contributed by atoms with Gasteiger partial charge in [-0.15, -0.1) is 0 Å². The van der Waals surface area contributed by atoms with E-state index in [4.69, 9.17) is 13.9 Å². The first-order chi connectivity index (χ1) is 12.0. The lowest BCUT2D eigenvalue weighted by Gasteiger charge is -2.09. The number of allylic oxidation sites excluding steroid dienone is 1. The van der Waals surface area contributed by atoms with Crippen LogP contribution >= 0.6 is 0 Å². The van der Waals surface area contributed by atoms with Crippen LogP contribution in [0.15, 0.2) is 39.1 Å². The summed E-state index contributed by atoms with van der Waals surface area (Å²) in [7, 11) is 0. The lowest BCUT2D eigenvalue weighted by atomic mass is 10.2. The van der Waals surface area contributed by atoms with Crippen molar-refractivity contribution in [2.75, 3.05) is 13.2 Å². The quantitative estimate of drug-likeness (QED) is 0.401. The van der Waals surface area contributed by atoms with Gasteiger partial charge in [0, 0.05) is 6.07 Å². The molecule has 1 heterocycles. The number of fused-ring (bicyclic) bond motifs is 1. The Morgan fingerprint density at radius 1 is 1.20 bits per heavy atom. The van der Waals surface area contributed by atoms with Gasteiger partial charge in [0.15, 0.2) is 5.75 Å². The van der Waals surface area contributed by atoms with Gasteiger partial charge in [0.1, 0.15) is 17.9 Å². The summed E-state index contributed by atoms with van der Waals surface area (Å²) in [6, 6.07) is 5.04. The standard InChI is InChI=1S/C20H26O5/c1-4-5-6-7-11-23-15-8-9-16-17(13-15)25-20(22)19(18(16)21)24-12-10-14(2)3/h8-10,13,21H,4-7,11-12H2,1-3H3. The van der Waals surface area contributed by atoms with E-state index in [1.165, 1.54) is 12.8 Å². The molecule has 5 heteroatoms. The van der Waals surface area contributed by atoms with Gasteiger partial charge in [-0.05, 0) is 38.5 Å². The summed E-state index contributed by atoms with van der Waals surface area (Å²) in [5, 5.41) is 10.7. The van der Waals surface area contributed by atoms with Crippen molar-refractivity contribution in [3.63, 3.8) is 0 Å². The van der Waals surface area contributed by atoms with Crippen molar-refractivity contribution in [1.82, 2.24) is 0 Å². The Bertz CT molecular complexity index is 785. The number of hydrogen-bond donors (Lipinski definition) is 1. The molecule has 0 spiro atoms. The molecular formula is C20H26O5. The Morgan fingerprint density at radius 2 is 2.00 bits per heavy atom. The van der Waals surface area contributed by atoms with E-state index in [1.807, 2.05) is 19.9 Å². The molecule has 2 rings (SSSR count). The summed E-state index contributed by atoms with van der Waals surface area (Å²) >= 11 is 0. The van der Waals surface area contributed by atoms with Gasteiger partial charge < -0.3 is 19.0 Å². The zero-order valence-electron chi connectivity index (χ0n) is 15.1. The fourth-order valence-corrected chi connectivity index (χ4v) is 2.38. The molecule has 1 aromatic heterocycles. The summed E-state index contributed by atoms with van der Waals surface area (Å²) < 4.78 is 16.3. The first-order valence-electron chi connectivity index (χ1n) is 8.71. The van der Waals surface area contributed by atoms with Gasteiger partial charge in [0.2, 0.25) is 5.75 Å². The predicted molar refractivity (Wildman–Crippen MR) is 98.7 cm³/mol. The molecule has 0 unspecified atom stereocenters. The van der Waals surface area contributed by atoms with Crippen molar-refractivity contribution >= 4 is 11.0 Å². The molecule has 136 valence electrons. The van der Waals surface area contributed by atoms with Gasteiger partial charge in [-0.25, -0.2) is 4.79 Å². The van der Waals surface area contributed by atoms with E-state index in [1.54, 1.807) is 18.2 Å². The smallest absolute Gasteiger partial charge is 0.383 e. The minimum atomic E-state index is -0.702. The molecule has 0 aliphatic carbocycles. The monoisotopic (exact) mass is 346 g/mol. The third-order valence-electron chi connectivity index (χ3n) is 3.80. The molecule has 0 radical (unpaired) electrons. The van der Waals surface area contributed by atoms with Gasteiger partial charge >= 0.3 is 5.63 Å².